The first-order valence-electron chi connectivity index (χ1n) is 10.5. The van der Waals surface area contributed by atoms with Gasteiger partial charge in [-0.05, 0) is 113 Å². The van der Waals surface area contributed by atoms with E-state index in [-0.39, 0.29) is 5.41 Å². The topological polar surface area (TPSA) is 37.3 Å². The molecule has 0 aliphatic heterocycles. The zero-order valence-electron chi connectivity index (χ0n) is 15.9. The molecular weight excluding hydrogens is 296 g/mol. The molecule has 0 aromatic heterocycles. The highest BCUT2D eigenvalue weighted by Gasteiger charge is 2.57. The molecule has 0 aromatic rings. The lowest BCUT2D eigenvalue weighted by Gasteiger charge is -2.54. The van der Waals surface area contributed by atoms with Crippen molar-refractivity contribution in [2.45, 2.75) is 90.6 Å². The Morgan fingerprint density at radius 3 is 2.29 bits per heavy atom. The Bertz CT molecular complexity index is 510. The van der Waals surface area contributed by atoms with Crippen LogP contribution in [0, 0.1) is 40.9 Å². The van der Waals surface area contributed by atoms with Gasteiger partial charge in [0.05, 0.1) is 5.60 Å². The number of Topliss-reactive ketones (excluding diaryl/α,β-unsaturated/α-hetero) is 1. The lowest BCUT2D eigenvalue weighted by molar-refractivity contribution is -0.127. The van der Waals surface area contributed by atoms with E-state index >= 15 is 0 Å². The number of hydrogen-bond donors (Lipinski definition) is 1. The molecule has 4 aliphatic carbocycles. The molecule has 0 amide bonds. The molecular formula is C22H36O2. The van der Waals surface area contributed by atoms with Crippen molar-refractivity contribution in [1.29, 1.82) is 0 Å². The van der Waals surface area contributed by atoms with Gasteiger partial charge in [-0.2, -0.15) is 0 Å². The summed E-state index contributed by atoms with van der Waals surface area (Å²) in [5.41, 5.74) is -0.140. The maximum absolute atomic E-state index is 12.2. The van der Waals surface area contributed by atoms with Crippen LogP contribution in [0.2, 0.25) is 0 Å². The summed E-state index contributed by atoms with van der Waals surface area (Å²) in [6, 6.07) is 0. The number of hydrogen-bond acceptors (Lipinski definition) is 2. The van der Waals surface area contributed by atoms with Gasteiger partial charge in [0.1, 0.15) is 5.78 Å². The standard InChI is InChI=1S/C22H36O2/c1-14(23)19-6-7-20-18-5-4-15-8-11-21(2,24)12-9-16(15)17(18)10-13-22(19,20)3/h15-20,24H,4-13H2,1-3H3/t15-,16+,17-,18-,19-,20+,21+,22-/m1/s1. The summed E-state index contributed by atoms with van der Waals surface area (Å²) in [4.78, 5) is 12.2. The Balaban J connectivity index is 1.56. The lowest BCUT2D eigenvalue weighted by Crippen LogP contribution is -2.48. The van der Waals surface area contributed by atoms with Gasteiger partial charge in [0.25, 0.3) is 0 Å². The SMILES string of the molecule is CC(=O)[C@H]1CC[C@H]2[C@@H]3CC[C@@H]4CC[C@](C)(O)CC[C@@H]4[C@H]3CC[C@]12C. The highest BCUT2D eigenvalue weighted by Crippen LogP contribution is 2.64. The Morgan fingerprint density at radius 1 is 0.833 bits per heavy atom. The molecule has 4 aliphatic rings. The summed E-state index contributed by atoms with van der Waals surface area (Å²) in [5, 5.41) is 10.5. The first-order valence-corrected chi connectivity index (χ1v) is 10.5. The number of aliphatic hydroxyl groups is 1. The maximum Gasteiger partial charge on any atom is 0.133 e. The second kappa shape index (κ2) is 5.83. The van der Waals surface area contributed by atoms with Crippen LogP contribution in [-0.4, -0.2) is 16.5 Å². The number of carbonyl (C=O) groups excluding carboxylic acids is 1. The zero-order valence-corrected chi connectivity index (χ0v) is 15.9. The van der Waals surface area contributed by atoms with E-state index in [9.17, 15) is 9.90 Å². The van der Waals surface area contributed by atoms with Crippen LogP contribution in [0.1, 0.15) is 85.0 Å². The van der Waals surface area contributed by atoms with Crippen molar-refractivity contribution < 1.29 is 9.90 Å². The van der Waals surface area contributed by atoms with E-state index in [4.69, 9.17) is 0 Å². The summed E-state index contributed by atoms with van der Waals surface area (Å²) in [6.07, 6.45) is 12.3. The van der Waals surface area contributed by atoms with Gasteiger partial charge in [0.2, 0.25) is 0 Å². The van der Waals surface area contributed by atoms with E-state index in [0.717, 1.165) is 48.9 Å². The first-order chi connectivity index (χ1) is 11.3. The molecule has 0 bridgehead atoms. The van der Waals surface area contributed by atoms with Crippen LogP contribution >= 0.6 is 0 Å². The van der Waals surface area contributed by atoms with Crippen molar-refractivity contribution >= 4 is 5.78 Å². The maximum atomic E-state index is 12.2. The molecule has 136 valence electrons. The van der Waals surface area contributed by atoms with Gasteiger partial charge >= 0.3 is 0 Å². The second-order valence-corrected chi connectivity index (χ2v) is 10.3. The van der Waals surface area contributed by atoms with Crippen molar-refractivity contribution in [2.24, 2.45) is 40.9 Å². The average molecular weight is 333 g/mol. The summed E-state index contributed by atoms with van der Waals surface area (Å²) >= 11 is 0. The lowest BCUT2D eigenvalue weighted by atomic mass is 9.50. The third kappa shape index (κ3) is 2.59. The number of fused-ring (bicyclic) bond motifs is 5. The summed E-state index contributed by atoms with van der Waals surface area (Å²) < 4.78 is 0. The van der Waals surface area contributed by atoms with Crippen molar-refractivity contribution in [3.63, 3.8) is 0 Å². The fourth-order valence-electron chi connectivity index (χ4n) is 7.81. The Hall–Kier alpha value is -0.370. The van der Waals surface area contributed by atoms with Crippen molar-refractivity contribution in [3.05, 3.63) is 0 Å². The molecule has 0 aromatic carbocycles. The number of carbonyl (C=O) groups is 1. The molecule has 0 radical (unpaired) electrons. The highest BCUT2D eigenvalue weighted by atomic mass is 16.3. The van der Waals surface area contributed by atoms with Crippen LogP contribution in [-0.2, 0) is 4.79 Å². The van der Waals surface area contributed by atoms with E-state index in [1.807, 2.05) is 13.8 Å². The summed E-state index contributed by atoms with van der Waals surface area (Å²) in [5.74, 6) is 5.00. The second-order valence-electron chi connectivity index (χ2n) is 10.3. The van der Waals surface area contributed by atoms with Gasteiger partial charge in [-0.15, -0.1) is 0 Å². The van der Waals surface area contributed by atoms with E-state index in [1.165, 1.54) is 44.9 Å². The number of rotatable bonds is 1. The monoisotopic (exact) mass is 332 g/mol. The molecule has 0 saturated heterocycles. The van der Waals surface area contributed by atoms with Crippen LogP contribution < -0.4 is 0 Å². The Labute approximate surface area is 147 Å². The van der Waals surface area contributed by atoms with Gasteiger partial charge < -0.3 is 5.11 Å². The predicted octanol–water partition coefficient (Wildman–Crippen LogP) is 4.99. The van der Waals surface area contributed by atoms with Crippen molar-refractivity contribution in [2.75, 3.05) is 0 Å². The largest absolute Gasteiger partial charge is 0.390 e. The first kappa shape index (κ1) is 17.1. The third-order valence-electron chi connectivity index (χ3n) is 9.08. The molecule has 4 fully saturated rings. The minimum absolute atomic E-state index is 0.288. The van der Waals surface area contributed by atoms with Gasteiger partial charge in [-0.25, -0.2) is 0 Å². The summed E-state index contributed by atoms with van der Waals surface area (Å²) in [7, 11) is 0. The van der Waals surface area contributed by atoms with Crippen LogP contribution in [0.3, 0.4) is 0 Å². The molecule has 4 rings (SSSR count). The van der Waals surface area contributed by atoms with Crippen LogP contribution in [0.4, 0.5) is 0 Å². The minimum Gasteiger partial charge on any atom is -0.390 e. The van der Waals surface area contributed by atoms with Gasteiger partial charge in [-0.1, -0.05) is 6.92 Å². The fourth-order valence-corrected chi connectivity index (χ4v) is 7.81. The summed E-state index contributed by atoms with van der Waals surface area (Å²) in [6.45, 7) is 6.32. The Kier molecular flexibility index (Phi) is 4.14. The third-order valence-corrected chi connectivity index (χ3v) is 9.08. The predicted molar refractivity (Wildman–Crippen MR) is 96.5 cm³/mol. The Morgan fingerprint density at radius 2 is 1.54 bits per heavy atom. The van der Waals surface area contributed by atoms with Crippen LogP contribution in [0.25, 0.3) is 0 Å². The van der Waals surface area contributed by atoms with Gasteiger partial charge in [0, 0.05) is 5.92 Å². The van der Waals surface area contributed by atoms with E-state index in [2.05, 4.69) is 6.92 Å². The molecule has 0 unspecified atom stereocenters. The molecule has 24 heavy (non-hydrogen) atoms. The van der Waals surface area contributed by atoms with Crippen molar-refractivity contribution in [3.8, 4) is 0 Å². The smallest absolute Gasteiger partial charge is 0.133 e. The van der Waals surface area contributed by atoms with E-state index in [1.54, 1.807) is 0 Å². The molecule has 2 heteroatoms. The normalized spacial score (nSPS) is 54.3. The van der Waals surface area contributed by atoms with E-state index < -0.39 is 5.60 Å². The van der Waals surface area contributed by atoms with Crippen LogP contribution in [0.5, 0.6) is 0 Å². The zero-order chi connectivity index (χ0) is 17.1. The van der Waals surface area contributed by atoms with Gasteiger partial charge in [0.15, 0.2) is 0 Å². The molecule has 0 heterocycles. The quantitative estimate of drug-likeness (QED) is 0.735. The molecule has 0 spiro atoms. The van der Waals surface area contributed by atoms with Crippen molar-refractivity contribution in [1.82, 2.24) is 0 Å². The molecule has 1 N–H and O–H groups in total. The highest BCUT2D eigenvalue weighted by molar-refractivity contribution is 5.79. The fraction of sp³-hybridized carbons (Fsp3) is 0.955. The molecule has 2 nitrogen and oxygen atoms in total. The van der Waals surface area contributed by atoms with E-state index in [0.29, 0.717) is 11.7 Å². The molecule has 4 saturated carbocycles. The number of ketones is 1. The molecule has 8 atom stereocenters. The minimum atomic E-state index is -0.427. The van der Waals surface area contributed by atoms with Gasteiger partial charge in [-0.3, -0.25) is 4.79 Å². The van der Waals surface area contributed by atoms with Crippen LogP contribution in [0.15, 0.2) is 0 Å². The average Bonchev–Trinajstić information content (AvgIpc) is 2.80.